The highest BCUT2D eigenvalue weighted by atomic mass is 17.3. The zero-order valence-electron chi connectivity index (χ0n) is 27.2. The van der Waals surface area contributed by atoms with E-state index in [4.69, 9.17) is 38.2 Å². The SMILES string of the molecule is COc1cc(/C=C/C(=O)c2ccc(OCC(=O)N[C@@H]3O[C@@H]4O[C@]5(C)CC[C@H]6[C@H](C)CC[C@@H]([C@H]3C)[C@@]46OO5)cc2)cc(OC)c1OC. The van der Waals surface area contributed by atoms with Crippen LogP contribution in [0.3, 0.4) is 0 Å². The number of rotatable bonds is 10. The molecule has 2 aromatic carbocycles. The Morgan fingerprint density at radius 1 is 0.957 bits per heavy atom. The van der Waals surface area contributed by atoms with Crippen LogP contribution in [0.1, 0.15) is 62.4 Å². The van der Waals surface area contributed by atoms with E-state index in [1.807, 2.05) is 6.92 Å². The minimum Gasteiger partial charge on any atom is -0.493 e. The molecule has 2 aromatic rings. The number of fused-ring (bicyclic) bond motifs is 2. The Morgan fingerprint density at radius 2 is 1.67 bits per heavy atom. The molecule has 0 aromatic heterocycles. The molecule has 46 heavy (non-hydrogen) atoms. The third-order valence-corrected chi connectivity index (χ3v) is 10.1. The van der Waals surface area contributed by atoms with Crippen molar-refractivity contribution in [1.82, 2.24) is 5.32 Å². The lowest BCUT2D eigenvalue weighted by Gasteiger charge is -2.60. The van der Waals surface area contributed by atoms with Crippen molar-refractivity contribution in [3.63, 3.8) is 0 Å². The van der Waals surface area contributed by atoms with Gasteiger partial charge in [-0.1, -0.05) is 19.9 Å². The molecule has 0 unspecified atom stereocenters. The van der Waals surface area contributed by atoms with Crippen LogP contribution in [-0.4, -0.2) is 63.5 Å². The Morgan fingerprint density at radius 3 is 2.35 bits per heavy atom. The third kappa shape index (κ3) is 5.85. The zero-order chi connectivity index (χ0) is 32.6. The van der Waals surface area contributed by atoms with Gasteiger partial charge in [0.25, 0.3) is 5.91 Å². The highest BCUT2D eigenvalue weighted by Crippen LogP contribution is 2.60. The van der Waals surface area contributed by atoms with Gasteiger partial charge in [-0.2, -0.15) is 0 Å². The first kappa shape index (κ1) is 32.3. The van der Waals surface area contributed by atoms with E-state index in [9.17, 15) is 9.59 Å². The molecule has 5 fully saturated rings. The highest BCUT2D eigenvalue weighted by molar-refractivity contribution is 6.06. The van der Waals surface area contributed by atoms with Crippen molar-refractivity contribution in [3.05, 3.63) is 53.6 Å². The number of methoxy groups -OCH3 is 3. The van der Waals surface area contributed by atoms with E-state index >= 15 is 0 Å². The van der Waals surface area contributed by atoms with Crippen LogP contribution >= 0.6 is 0 Å². The van der Waals surface area contributed by atoms with Crippen molar-refractivity contribution in [2.45, 2.75) is 70.4 Å². The molecule has 4 heterocycles. The molecule has 11 nitrogen and oxygen atoms in total. The van der Waals surface area contributed by atoms with Crippen LogP contribution in [0, 0.1) is 23.7 Å². The minimum absolute atomic E-state index is 0.0247. The lowest BCUT2D eigenvalue weighted by molar-refractivity contribution is -0.571. The second-order valence-electron chi connectivity index (χ2n) is 12.9. The maximum atomic E-state index is 13.0. The predicted octanol–water partition coefficient (Wildman–Crippen LogP) is 5.31. The van der Waals surface area contributed by atoms with Crippen LogP contribution < -0.4 is 24.3 Å². The van der Waals surface area contributed by atoms with Crippen molar-refractivity contribution in [1.29, 1.82) is 0 Å². The van der Waals surface area contributed by atoms with Crippen LogP contribution in [0.2, 0.25) is 0 Å². The Hall–Kier alpha value is -3.64. The standard InChI is InChI=1S/C35H43NO10/c1-20-7-13-26-21(2)32(43-33-35(26)25(20)15-16-34(3,44-33)45-46-35)36-30(38)19-42-24-11-9-23(10-12-24)27(37)14-8-22-17-28(39-4)31(41-6)29(18-22)40-5/h8-12,14,17-18,20-21,25-26,32-33H,7,13,15-16,19H2,1-6H3,(H,36,38)/b14-8+/t20-,21-,25+,26+,32-,33-,34+,35-/m1/s1. The molecule has 1 amide bonds. The number of hydrogen-bond donors (Lipinski definition) is 1. The summed E-state index contributed by atoms with van der Waals surface area (Å²) in [6.45, 7) is 6.02. The largest absolute Gasteiger partial charge is 0.493 e. The Labute approximate surface area is 269 Å². The quantitative estimate of drug-likeness (QED) is 0.209. The third-order valence-electron chi connectivity index (χ3n) is 10.1. The second kappa shape index (κ2) is 12.9. The molecule has 1 spiro atoms. The van der Waals surface area contributed by atoms with Crippen LogP contribution in [0.4, 0.5) is 0 Å². The van der Waals surface area contributed by atoms with E-state index in [-0.39, 0.29) is 36.1 Å². The van der Waals surface area contributed by atoms with Gasteiger partial charge in [-0.05, 0) is 86.1 Å². The number of hydrogen-bond acceptors (Lipinski definition) is 10. The van der Waals surface area contributed by atoms with Crippen molar-refractivity contribution >= 4 is 17.8 Å². The summed E-state index contributed by atoms with van der Waals surface area (Å²) in [5, 5.41) is 3.01. The zero-order valence-corrected chi connectivity index (χ0v) is 27.2. The molecule has 1 saturated carbocycles. The van der Waals surface area contributed by atoms with Gasteiger partial charge in [0.2, 0.25) is 11.5 Å². The normalized spacial score (nSPS) is 33.1. The average Bonchev–Trinajstić information content (AvgIpc) is 3.30. The molecule has 8 atom stereocenters. The summed E-state index contributed by atoms with van der Waals surface area (Å²) in [7, 11) is 4.60. The molecular formula is C35H43NO10. The molecule has 4 aliphatic heterocycles. The molecule has 248 valence electrons. The fraction of sp³-hybridized carbons (Fsp3) is 0.543. The number of carbonyl (C=O) groups is 2. The number of allylic oxidation sites excluding steroid dienone is 1. The Bertz CT molecular complexity index is 1450. The Kier molecular flexibility index (Phi) is 9.04. The van der Waals surface area contributed by atoms with Gasteiger partial charge in [0.1, 0.15) is 12.0 Å². The molecular weight excluding hydrogens is 594 g/mol. The van der Waals surface area contributed by atoms with Crippen LogP contribution in [0.15, 0.2) is 42.5 Å². The van der Waals surface area contributed by atoms with E-state index in [1.54, 1.807) is 42.5 Å². The van der Waals surface area contributed by atoms with Crippen LogP contribution in [-0.2, 0) is 24.0 Å². The number of nitrogens with one attached hydrogen (secondary N) is 1. The van der Waals surface area contributed by atoms with Crippen molar-refractivity contribution in [2.24, 2.45) is 23.7 Å². The number of benzene rings is 2. The van der Waals surface area contributed by atoms with Gasteiger partial charge >= 0.3 is 0 Å². The molecule has 0 radical (unpaired) electrons. The molecule has 4 saturated heterocycles. The maximum Gasteiger partial charge on any atom is 0.259 e. The topological polar surface area (TPSA) is 120 Å². The minimum atomic E-state index is -0.879. The summed E-state index contributed by atoms with van der Waals surface area (Å²) in [6, 6.07) is 10.1. The van der Waals surface area contributed by atoms with Gasteiger partial charge in [-0.3, -0.25) is 9.59 Å². The molecule has 2 bridgehead atoms. The van der Waals surface area contributed by atoms with Crippen molar-refractivity contribution in [2.75, 3.05) is 27.9 Å². The number of amides is 1. The van der Waals surface area contributed by atoms with Gasteiger partial charge in [-0.25, -0.2) is 9.78 Å². The lowest BCUT2D eigenvalue weighted by Crippen LogP contribution is -2.72. The average molecular weight is 638 g/mol. The van der Waals surface area contributed by atoms with E-state index in [0.29, 0.717) is 40.0 Å². The number of ketones is 1. The van der Waals surface area contributed by atoms with Gasteiger partial charge in [0.05, 0.1) is 21.3 Å². The first-order valence-corrected chi connectivity index (χ1v) is 15.9. The predicted molar refractivity (Wildman–Crippen MR) is 166 cm³/mol. The van der Waals surface area contributed by atoms with E-state index in [2.05, 4.69) is 19.2 Å². The monoisotopic (exact) mass is 637 g/mol. The maximum absolute atomic E-state index is 13.0. The second-order valence-corrected chi connectivity index (χ2v) is 12.9. The summed E-state index contributed by atoms with van der Waals surface area (Å²) >= 11 is 0. The Balaban J connectivity index is 1.05. The van der Waals surface area contributed by atoms with Crippen molar-refractivity contribution in [3.8, 4) is 23.0 Å². The highest BCUT2D eigenvalue weighted by Gasteiger charge is 2.69. The van der Waals surface area contributed by atoms with E-state index in [0.717, 1.165) is 25.7 Å². The summed E-state index contributed by atoms with van der Waals surface area (Å²) < 4.78 is 34.7. The number of carbonyl (C=O) groups excluding carboxylic acids is 2. The summed E-state index contributed by atoms with van der Waals surface area (Å²) in [6.07, 6.45) is 5.64. The fourth-order valence-corrected chi connectivity index (χ4v) is 7.60. The number of ether oxygens (including phenoxy) is 6. The van der Waals surface area contributed by atoms with Gasteiger partial charge in [0.15, 0.2) is 35.8 Å². The molecule has 7 rings (SSSR count). The summed E-state index contributed by atoms with van der Waals surface area (Å²) in [5.41, 5.74) is 0.496. The van der Waals surface area contributed by atoms with Gasteiger partial charge < -0.3 is 33.7 Å². The first-order valence-electron chi connectivity index (χ1n) is 15.9. The van der Waals surface area contributed by atoms with Gasteiger partial charge in [0, 0.05) is 23.8 Å². The molecule has 11 heteroatoms. The van der Waals surface area contributed by atoms with Crippen LogP contribution in [0.5, 0.6) is 23.0 Å². The fourth-order valence-electron chi connectivity index (χ4n) is 7.60. The molecule has 5 aliphatic rings. The lowest BCUT2D eigenvalue weighted by atomic mass is 9.58. The van der Waals surface area contributed by atoms with Gasteiger partial charge in [-0.15, -0.1) is 0 Å². The van der Waals surface area contributed by atoms with Crippen molar-refractivity contribution < 1.29 is 47.8 Å². The van der Waals surface area contributed by atoms with Crippen LogP contribution in [0.25, 0.3) is 6.08 Å². The van der Waals surface area contributed by atoms with E-state index in [1.165, 1.54) is 27.4 Å². The molecule has 1 N–H and O–H groups in total. The van der Waals surface area contributed by atoms with E-state index < -0.39 is 23.9 Å². The summed E-state index contributed by atoms with van der Waals surface area (Å²) in [4.78, 5) is 37.9. The molecule has 1 aliphatic carbocycles. The first-order chi connectivity index (χ1) is 22.1. The smallest absolute Gasteiger partial charge is 0.259 e. The summed E-state index contributed by atoms with van der Waals surface area (Å²) in [5.74, 6) is 1.32.